The van der Waals surface area contributed by atoms with Crippen LogP contribution in [0, 0.1) is 0 Å². The van der Waals surface area contributed by atoms with Gasteiger partial charge in [0, 0.05) is 37.2 Å². The number of likely N-dealkylation sites (tertiary alicyclic amines) is 1. The molecular weight excluding hydrogens is 300 g/mol. The molecule has 1 N–H and O–H groups in total. The van der Waals surface area contributed by atoms with Crippen molar-refractivity contribution in [2.45, 2.75) is 50.5 Å². The van der Waals surface area contributed by atoms with Crippen molar-refractivity contribution in [3.05, 3.63) is 41.0 Å². The van der Waals surface area contributed by atoms with Crippen LogP contribution in [0.2, 0.25) is 0 Å². The van der Waals surface area contributed by atoms with Gasteiger partial charge in [0.25, 0.3) is 0 Å². The highest BCUT2D eigenvalue weighted by Gasteiger charge is 2.32. The number of rotatable bonds is 4. The van der Waals surface area contributed by atoms with E-state index < -0.39 is 0 Å². The van der Waals surface area contributed by atoms with Gasteiger partial charge < -0.3 is 9.84 Å². The van der Waals surface area contributed by atoms with Crippen molar-refractivity contribution in [3.63, 3.8) is 0 Å². The van der Waals surface area contributed by atoms with Crippen LogP contribution in [0.15, 0.2) is 22.7 Å². The third-order valence-electron chi connectivity index (χ3n) is 5.58. The van der Waals surface area contributed by atoms with E-state index in [4.69, 9.17) is 4.52 Å². The number of benzene rings is 1. The van der Waals surface area contributed by atoms with Crippen molar-refractivity contribution >= 4 is 5.69 Å². The van der Waals surface area contributed by atoms with Gasteiger partial charge in [0.2, 0.25) is 5.89 Å². The van der Waals surface area contributed by atoms with Crippen LogP contribution < -0.4 is 5.32 Å². The summed E-state index contributed by atoms with van der Waals surface area (Å²) < 4.78 is 5.47. The molecule has 3 heterocycles. The van der Waals surface area contributed by atoms with E-state index >= 15 is 0 Å². The van der Waals surface area contributed by atoms with Crippen LogP contribution in [0.5, 0.6) is 0 Å². The Morgan fingerprint density at radius 2 is 2.17 bits per heavy atom. The molecule has 5 heteroatoms. The Labute approximate surface area is 142 Å². The summed E-state index contributed by atoms with van der Waals surface area (Å²) in [5, 5.41) is 7.83. The molecule has 24 heavy (non-hydrogen) atoms. The first kappa shape index (κ1) is 14.5. The molecule has 5 nitrogen and oxygen atoms in total. The lowest BCUT2D eigenvalue weighted by Crippen LogP contribution is -2.34. The number of fused-ring (bicyclic) bond motifs is 1. The van der Waals surface area contributed by atoms with Gasteiger partial charge in [0.15, 0.2) is 5.82 Å². The molecule has 2 fully saturated rings. The average molecular weight is 324 g/mol. The number of piperidine rings is 1. The minimum Gasteiger partial charge on any atom is -0.384 e. The van der Waals surface area contributed by atoms with Crippen molar-refractivity contribution < 1.29 is 4.52 Å². The van der Waals surface area contributed by atoms with E-state index in [0.717, 1.165) is 44.3 Å². The largest absolute Gasteiger partial charge is 0.384 e. The normalized spacial score (nSPS) is 23.9. The quantitative estimate of drug-likeness (QED) is 0.935. The third-order valence-corrected chi connectivity index (χ3v) is 5.58. The second-order valence-corrected chi connectivity index (χ2v) is 7.47. The molecule has 2 aromatic rings. The molecular formula is C19H24N4O. The lowest BCUT2D eigenvalue weighted by atomic mass is 9.96. The van der Waals surface area contributed by atoms with E-state index in [9.17, 15) is 0 Å². The van der Waals surface area contributed by atoms with Crippen LogP contribution in [0.4, 0.5) is 5.69 Å². The lowest BCUT2D eigenvalue weighted by Gasteiger charge is -2.31. The van der Waals surface area contributed by atoms with Gasteiger partial charge in [0.1, 0.15) is 0 Å². The second-order valence-electron chi connectivity index (χ2n) is 7.47. The van der Waals surface area contributed by atoms with Crippen molar-refractivity contribution in [3.8, 4) is 0 Å². The maximum atomic E-state index is 5.47. The molecule has 0 bridgehead atoms. The summed E-state index contributed by atoms with van der Waals surface area (Å²) in [6.07, 6.45) is 5.96. The predicted molar refractivity (Wildman–Crippen MR) is 92.2 cm³/mol. The Bertz CT molecular complexity index is 737. The molecule has 1 unspecified atom stereocenters. The molecule has 0 amide bonds. The van der Waals surface area contributed by atoms with Gasteiger partial charge in [-0.2, -0.15) is 4.98 Å². The molecule has 0 radical (unpaired) electrons. The maximum absolute atomic E-state index is 5.47. The summed E-state index contributed by atoms with van der Waals surface area (Å²) in [6.45, 7) is 4.28. The summed E-state index contributed by atoms with van der Waals surface area (Å²) in [4.78, 5) is 7.23. The number of hydrogen-bond donors (Lipinski definition) is 1. The van der Waals surface area contributed by atoms with Crippen LogP contribution in [-0.2, 0) is 13.0 Å². The van der Waals surface area contributed by atoms with Crippen molar-refractivity contribution in [1.82, 2.24) is 15.0 Å². The van der Waals surface area contributed by atoms with Gasteiger partial charge in [-0.15, -0.1) is 0 Å². The molecule has 126 valence electrons. The molecule has 5 rings (SSSR count). The fourth-order valence-electron chi connectivity index (χ4n) is 4.10. The van der Waals surface area contributed by atoms with Gasteiger partial charge in [0.05, 0.1) is 0 Å². The molecule has 1 aromatic carbocycles. The molecule has 1 saturated heterocycles. The van der Waals surface area contributed by atoms with Crippen LogP contribution in [0.1, 0.15) is 60.4 Å². The summed E-state index contributed by atoms with van der Waals surface area (Å²) in [5.41, 5.74) is 4.26. The zero-order valence-corrected chi connectivity index (χ0v) is 14.0. The van der Waals surface area contributed by atoms with Crippen LogP contribution >= 0.6 is 0 Å². The third kappa shape index (κ3) is 2.71. The first-order valence-electron chi connectivity index (χ1n) is 9.27. The molecule has 1 saturated carbocycles. The fourth-order valence-corrected chi connectivity index (χ4v) is 4.10. The van der Waals surface area contributed by atoms with E-state index in [1.165, 1.54) is 42.5 Å². The molecule has 3 aliphatic rings. The molecule has 1 aromatic heterocycles. The molecule has 2 aliphatic heterocycles. The molecule has 1 atom stereocenters. The summed E-state index contributed by atoms with van der Waals surface area (Å²) in [6, 6.07) is 6.71. The first-order valence-corrected chi connectivity index (χ1v) is 9.27. The van der Waals surface area contributed by atoms with Gasteiger partial charge in [-0.05, 0) is 49.8 Å². The minimum absolute atomic E-state index is 0.416. The number of aromatic nitrogens is 2. The van der Waals surface area contributed by atoms with Gasteiger partial charge in [-0.1, -0.05) is 23.4 Å². The maximum Gasteiger partial charge on any atom is 0.229 e. The van der Waals surface area contributed by atoms with Crippen molar-refractivity contribution in [2.75, 3.05) is 25.0 Å². The fraction of sp³-hybridized carbons (Fsp3) is 0.579. The summed E-state index contributed by atoms with van der Waals surface area (Å²) in [5.74, 6) is 2.76. The Hall–Kier alpha value is -1.88. The second kappa shape index (κ2) is 5.88. The standard InChI is InChI=1S/C19H24N4O/c1-3-13-8-9-20-17(13)15(4-1)11-23-10-2-5-16(12-23)18-21-19(24-22-18)14-6-7-14/h1,3-4,14,16,20H,2,5-12H2. The van der Waals surface area contributed by atoms with Gasteiger partial charge in [-0.25, -0.2) is 0 Å². The van der Waals surface area contributed by atoms with E-state index in [0.29, 0.717) is 11.8 Å². The Kier molecular flexibility index (Phi) is 3.55. The van der Waals surface area contributed by atoms with E-state index in [1.54, 1.807) is 0 Å². The highest BCUT2D eigenvalue weighted by molar-refractivity contribution is 5.61. The Morgan fingerprint density at radius 1 is 1.21 bits per heavy atom. The SMILES string of the molecule is c1cc2c(c(CN3CCCC(c4noc(C5CC5)n4)C3)c1)NCC2. The Balaban J connectivity index is 1.29. The van der Waals surface area contributed by atoms with Gasteiger partial charge in [-0.3, -0.25) is 4.90 Å². The van der Waals surface area contributed by atoms with Crippen molar-refractivity contribution in [2.24, 2.45) is 0 Å². The number of nitrogens with one attached hydrogen (secondary N) is 1. The van der Waals surface area contributed by atoms with Crippen LogP contribution in [0.3, 0.4) is 0 Å². The smallest absolute Gasteiger partial charge is 0.229 e. The van der Waals surface area contributed by atoms with E-state index in [1.807, 2.05) is 0 Å². The number of nitrogens with zero attached hydrogens (tertiary/aromatic N) is 3. The van der Waals surface area contributed by atoms with E-state index in [-0.39, 0.29) is 0 Å². The number of para-hydroxylation sites is 1. The molecule has 0 spiro atoms. The zero-order valence-electron chi connectivity index (χ0n) is 14.0. The monoisotopic (exact) mass is 324 g/mol. The predicted octanol–water partition coefficient (Wildman–Crippen LogP) is 3.29. The topological polar surface area (TPSA) is 54.2 Å². The Morgan fingerprint density at radius 3 is 3.08 bits per heavy atom. The van der Waals surface area contributed by atoms with E-state index in [2.05, 4.69) is 38.6 Å². The highest BCUT2D eigenvalue weighted by atomic mass is 16.5. The first-order chi connectivity index (χ1) is 11.9. The van der Waals surface area contributed by atoms with Crippen LogP contribution in [0.25, 0.3) is 0 Å². The highest BCUT2D eigenvalue weighted by Crippen LogP contribution is 2.39. The summed E-state index contributed by atoms with van der Waals surface area (Å²) in [7, 11) is 0. The molecule has 1 aliphatic carbocycles. The van der Waals surface area contributed by atoms with Crippen molar-refractivity contribution in [1.29, 1.82) is 0 Å². The number of anilines is 1. The summed E-state index contributed by atoms with van der Waals surface area (Å²) >= 11 is 0. The minimum atomic E-state index is 0.416. The average Bonchev–Trinajstić information content (AvgIpc) is 3.14. The van der Waals surface area contributed by atoms with Crippen LogP contribution in [-0.4, -0.2) is 34.7 Å². The number of hydrogen-bond acceptors (Lipinski definition) is 5. The van der Waals surface area contributed by atoms with Gasteiger partial charge >= 0.3 is 0 Å². The lowest BCUT2D eigenvalue weighted by molar-refractivity contribution is 0.195. The zero-order chi connectivity index (χ0) is 15.9.